The van der Waals surface area contributed by atoms with Crippen molar-refractivity contribution in [3.05, 3.63) is 123 Å². The van der Waals surface area contributed by atoms with Crippen LogP contribution in [0, 0.1) is 13.8 Å². The Labute approximate surface area is 378 Å². The Morgan fingerprint density at radius 3 is 1.66 bits per heavy atom. The first kappa shape index (κ1) is 41.7. The Balaban J connectivity index is 1.37. The van der Waals surface area contributed by atoms with Gasteiger partial charge >= 0.3 is 0 Å². The van der Waals surface area contributed by atoms with Crippen molar-refractivity contribution in [3.63, 3.8) is 0 Å². The first-order valence-corrected chi connectivity index (χ1v) is 24.4. The molecule has 2 aliphatic carbocycles. The van der Waals surface area contributed by atoms with Crippen molar-refractivity contribution in [2.45, 2.75) is 169 Å². The third-order valence-electron chi connectivity index (χ3n) is 16.1. The van der Waals surface area contributed by atoms with E-state index in [-0.39, 0.29) is 39.2 Å². The van der Waals surface area contributed by atoms with Crippen molar-refractivity contribution in [1.29, 1.82) is 0 Å². The van der Waals surface area contributed by atoms with Crippen LogP contribution in [0.3, 0.4) is 0 Å². The highest BCUT2D eigenvalue weighted by molar-refractivity contribution is 7.26. The molecule has 0 N–H and O–H groups in total. The summed E-state index contributed by atoms with van der Waals surface area (Å²) in [6.45, 7) is 38.7. The normalized spacial score (nSPS) is 19.1. The number of anilines is 6. The number of benzene rings is 5. The predicted octanol–water partition coefficient (Wildman–Crippen LogP) is 14.9. The van der Waals surface area contributed by atoms with Crippen LogP contribution in [0.2, 0.25) is 0 Å². The zero-order valence-corrected chi connectivity index (χ0v) is 41.5. The molecule has 1 aromatic heterocycles. The number of rotatable bonds is 2. The molecule has 6 aromatic rings. The summed E-state index contributed by atoms with van der Waals surface area (Å²) in [5.41, 5.74) is 22.7. The zero-order chi connectivity index (χ0) is 44.4. The lowest BCUT2D eigenvalue weighted by molar-refractivity contribution is 0.332. The molecule has 0 amide bonds. The highest BCUT2D eigenvalue weighted by atomic mass is 32.1. The van der Waals surface area contributed by atoms with E-state index < -0.39 is 0 Å². The standard InChI is InChI=1S/C58H69BN2S/c1-34-17-22-49-39(27-34)50-52(62-49)61(45-21-18-36(28-35(45)2)53(3,4)5)48-30-37(54(6,7)8)29-47-51(48)59(50)44-32-42-43(58(15,16)26-25-57(42,13)14)33-46(44)60(47)38-19-20-40-41(31-38)56(11,12)24-23-55(40,9)10/h17-22,27-33H,23-26H2,1-16H3. The van der Waals surface area contributed by atoms with Crippen LogP contribution in [0.5, 0.6) is 0 Å². The minimum absolute atomic E-state index is 0.0618. The summed E-state index contributed by atoms with van der Waals surface area (Å²) in [4.78, 5) is 5.42. The largest absolute Gasteiger partial charge is 0.311 e. The summed E-state index contributed by atoms with van der Waals surface area (Å²) in [6, 6.07) is 32.6. The summed E-state index contributed by atoms with van der Waals surface area (Å²) >= 11 is 1.98. The van der Waals surface area contributed by atoms with Crippen LogP contribution in [-0.2, 0) is 32.5 Å². The van der Waals surface area contributed by atoms with Crippen molar-refractivity contribution >= 4 is 78.0 Å². The Morgan fingerprint density at radius 1 is 0.500 bits per heavy atom. The lowest BCUT2D eigenvalue weighted by Gasteiger charge is -2.48. The number of nitrogens with zero attached hydrogens (tertiary/aromatic N) is 2. The molecular weight excluding hydrogens is 768 g/mol. The van der Waals surface area contributed by atoms with Crippen LogP contribution in [-0.4, -0.2) is 6.71 Å². The second kappa shape index (κ2) is 13.2. The van der Waals surface area contributed by atoms with Crippen molar-refractivity contribution < 1.29 is 0 Å². The Hall–Kier alpha value is -4.28. The Bertz CT molecular complexity index is 2870. The maximum Gasteiger partial charge on any atom is 0.254 e. The summed E-state index contributed by atoms with van der Waals surface area (Å²) in [5.74, 6) is 0. The fraction of sp³-hybridized carbons (Fsp3) is 0.448. The van der Waals surface area contributed by atoms with Gasteiger partial charge in [0.2, 0.25) is 0 Å². The van der Waals surface area contributed by atoms with Gasteiger partial charge in [-0.2, -0.15) is 0 Å². The highest BCUT2D eigenvalue weighted by Gasteiger charge is 2.49. The SMILES string of the molecule is Cc1ccc2sc3c(c2c1)B1c2cc4c(cc2N(c2ccc5c(c2)C(C)(C)CCC5(C)C)c2cc(C(C)(C)C)cc(c21)N3c1ccc(C(C)(C)C)cc1C)C(C)(C)CCC4(C)C. The van der Waals surface area contributed by atoms with Crippen LogP contribution >= 0.6 is 11.3 Å². The quantitative estimate of drug-likeness (QED) is 0.160. The first-order chi connectivity index (χ1) is 28.8. The molecule has 0 radical (unpaired) electrons. The number of aryl methyl sites for hydroxylation is 2. The molecule has 0 saturated heterocycles. The van der Waals surface area contributed by atoms with Crippen molar-refractivity contribution in [2.75, 3.05) is 9.80 Å². The van der Waals surface area contributed by atoms with Crippen LogP contribution in [0.25, 0.3) is 10.1 Å². The summed E-state index contributed by atoms with van der Waals surface area (Å²) < 4.78 is 1.36. The van der Waals surface area contributed by atoms with Crippen LogP contribution in [0.1, 0.15) is 167 Å². The van der Waals surface area contributed by atoms with Gasteiger partial charge in [0.25, 0.3) is 6.71 Å². The number of hydrogen-bond acceptors (Lipinski definition) is 3. The topological polar surface area (TPSA) is 6.48 Å². The van der Waals surface area contributed by atoms with E-state index in [1.54, 1.807) is 0 Å². The van der Waals surface area contributed by atoms with Crippen molar-refractivity contribution in [2.24, 2.45) is 0 Å². The summed E-state index contributed by atoms with van der Waals surface area (Å²) in [5, 5.41) is 2.76. The van der Waals surface area contributed by atoms with Gasteiger partial charge in [0.1, 0.15) is 0 Å². The van der Waals surface area contributed by atoms with Crippen molar-refractivity contribution in [3.8, 4) is 0 Å². The van der Waals surface area contributed by atoms with Gasteiger partial charge in [-0.05, 0) is 175 Å². The molecule has 10 rings (SSSR count). The van der Waals surface area contributed by atoms with E-state index in [1.165, 1.54) is 130 Å². The lowest BCUT2D eigenvalue weighted by atomic mass is 9.33. The minimum Gasteiger partial charge on any atom is -0.311 e. The number of hydrogen-bond donors (Lipinski definition) is 0. The Morgan fingerprint density at radius 2 is 1.06 bits per heavy atom. The molecule has 3 heterocycles. The second-order valence-electron chi connectivity index (χ2n) is 24.6. The Kier molecular flexibility index (Phi) is 8.85. The monoisotopic (exact) mass is 837 g/mol. The van der Waals surface area contributed by atoms with Gasteiger partial charge in [0, 0.05) is 33.1 Å². The van der Waals surface area contributed by atoms with E-state index in [9.17, 15) is 0 Å². The van der Waals surface area contributed by atoms with E-state index in [2.05, 4.69) is 199 Å². The molecule has 320 valence electrons. The maximum atomic E-state index is 2.73. The van der Waals surface area contributed by atoms with E-state index in [4.69, 9.17) is 0 Å². The van der Waals surface area contributed by atoms with Gasteiger partial charge in [-0.25, -0.2) is 0 Å². The smallest absolute Gasteiger partial charge is 0.254 e. The van der Waals surface area contributed by atoms with Gasteiger partial charge < -0.3 is 9.80 Å². The molecule has 0 bridgehead atoms. The molecule has 0 fully saturated rings. The molecular formula is C58H69BN2S. The molecule has 5 aromatic carbocycles. The molecule has 4 aliphatic rings. The predicted molar refractivity (Wildman–Crippen MR) is 273 cm³/mol. The van der Waals surface area contributed by atoms with Gasteiger partial charge in [0.15, 0.2) is 0 Å². The van der Waals surface area contributed by atoms with Gasteiger partial charge in [-0.3, -0.25) is 0 Å². The first-order valence-electron chi connectivity index (χ1n) is 23.6. The average Bonchev–Trinajstić information content (AvgIpc) is 3.55. The molecule has 0 saturated carbocycles. The summed E-state index contributed by atoms with van der Waals surface area (Å²) in [7, 11) is 0. The van der Waals surface area contributed by atoms with E-state index in [1.807, 2.05) is 11.3 Å². The molecule has 2 aliphatic heterocycles. The van der Waals surface area contributed by atoms with Crippen LogP contribution in [0.4, 0.5) is 33.4 Å². The second-order valence-corrected chi connectivity index (χ2v) is 25.6. The fourth-order valence-electron chi connectivity index (χ4n) is 11.7. The highest BCUT2D eigenvalue weighted by Crippen LogP contribution is 2.54. The average molecular weight is 837 g/mol. The summed E-state index contributed by atoms with van der Waals surface area (Å²) in [6.07, 6.45) is 4.78. The van der Waals surface area contributed by atoms with E-state index in [0.717, 1.165) is 0 Å². The number of thiophene rings is 1. The fourth-order valence-corrected chi connectivity index (χ4v) is 13.0. The third kappa shape index (κ3) is 6.15. The molecule has 4 heteroatoms. The van der Waals surface area contributed by atoms with Crippen molar-refractivity contribution in [1.82, 2.24) is 0 Å². The molecule has 2 nitrogen and oxygen atoms in total. The molecule has 62 heavy (non-hydrogen) atoms. The third-order valence-corrected chi connectivity index (χ3v) is 17.2. The lowest BCUT2D eigenvalue weighted by Crippen LogP contribution is -2.61. The van der Waals surface area contributed by atoms with E-state index >= 15 is 0 Å². The van der Waals surface area contributed by atoms with Gasteiger partial charge in [-0.15, -0.1) is 11.3 Å². The van der Waals surface area contributed by atoms with Gasteiger partial charge in [0.05, 0.1) is 5.00 Å². The van der Waals surface area contributed by atoms with E-state index in [0.29, 0.717) is 0 Å². The molecule has 0 spiro atoms. The minimum atomic E-state index is -0.0783. The zero-order valence-electron chi connectivity index (χ0n) is 40.7. The van der Waals surface area contributed by atoms with Crippen LogP contribution < -0.4 is 26.2 Å². The molecule has 0 atom stereocenters. The van der Waals surface area contributed by atoms with Crippen LogP contribution in [0.15, 0.2) is 78.9 Å². The van der Waals surface area contributed by atoms with Gasteiger partial charge in [-0.1, -0.05) is 139 Å². The molecule has 0 unspecified atom stereocenters. The number of fused-ring (bicyclic) bond motifs is 8. The maximum absolute atomic E-state index is 2.73.